The summed E-state index contributed by atoms with van der Waals surface area (Å²) in [5.41, 5.74) is -1.71. The van der Waals surface area contributed by atoms with Crippen molar-refractivity contribution in [3.63, 3.8) is 0 Å². The smallest absolute Gasteiger partial charge is 0.181 e. The Bertz CT molecular complexity index is 934. The van der Waals surface area contributed by atoms with Crippen molar-refractivity contribution in [2.45, 2.75) is 324 Å². The van der Waals surface area contributed by atoms with E-state index in [1.165, 1.54) is 193 Å². The van der Waals surface area contributed by atoms with E-state index in [1.54, 1.807) is 6.92 Å². The summed E-state index contributed by atoms with van der Waals surface area (Å²) >= 11 is 0. The first kappa shape index (κ1) is 60.0. The van der Waals surface area contributed by atoms with E-state index in [9.17, 15) is 19.5 Å². The zero-order valence-electron chi connectivity index (χ0n) is 42.7. The van der Waals surface area contributed by atoms with E-state index in [0.717, 1.165) is 75.5 Å². The van der Waals surface area contributed by atoms with Crippen LogP contribution in [0.3, 0.4) is 0 Å². The van der Waals surface area contributed by atoms with Gasteiger partial charge in [-0.15, -0.1) is 0 Å². The minimum atomic E-state index is -1.71. The number of aliphatic hydroxyl groups is 1. The van der Waals surface area contributed by atoms with Crippen LogP contribution in [0, 0.1) is 23.2 Å². The van der Waals surface area contributed by atoms with Crippen molar-refractivity contribution in [1.82, 2.24) is 0 Å². The molecular formula is C57H110O4. The largest absolute Gasteiger partial charge is 0.385 e. The Morgan fingerprint density at radius 1 is 0.311 bits per heavy atom. The van der Waals surface area contributed by atoms with Crippen LogP contribution in [0.25, 0.3) is 0 Å². The van der Waals surface area contributed by atoms with Crippen LogP contribution in [0.2, 0.25) is 0 Å². The molecule has 4 heteroatoms. The van der Waals surface area contributed by atoms with Gasteiger partial charge >= 0.3 is 0 Å². The summed E-state index contributed by atoms with van der Waals surface area (Å²) in [6, 6.07) is 0. The van der Waals surface area contributed by atoms with Crippen molar-refractivity contribution in [3.8, 4) is 0 Å². The third-order valence-corrected chi connectivity index (χ3v) is 13.8. The predicted molar refractivity (Wildman–Crippen MR) is 268 cm³/mol. The average molecular weight is 860 g/mol. The summed E-state index contributed by atoms with van der Waals surface area (Å²) in [5, 5.41) is 11.1. The van der Waals surface area contributed by atoms with Crippen LogP contribution in [-0.4, -0.2) is 28.6 Å². The number of unbranched alkanes of at least 4 members (excludes halogenated alkanes) is 33. The predicted octanol–water partition coefficient (Wildman–Crippen LogP) is 18.4. The highest BCUT2D eigenvalue weighted by Crippen LogP contribution is 2.30. The van der Waals surface area contributed by atoms with Gasteiger partial charge in [0.05, 0.1) is 0 Å². The van der Waals surface area contributed by atoms with Gasteiger partial charge in [0.1, 0.15) is 11.5 Å². The Morgan fingerprint density at radius 3 is 0.705 bits per heavy atom. The Labute approximate surface area is 382 Å². The van der Waals surface area contributed by atoms with E-state index >= 15 is 0 Å². The summed E-state index contributed by atoms with van der Waals surface area (Å²) in [5.74, 6) is 1.43. The summed E-state index contributed by atoms with van der Waals surface area (Å²) in [6.07, 6.45) is 47.8. The Morgan fingerprint density at radius 2 is 0.492 bits per heavy atom. The van der Waals surface area contributed by atoms with Crippen molar-refractivity contribution < 1.29 is 19.5 Å². The van der Waals surface area contributed by atoms with E-state index < -0.39 is 17.3 Å². The van der Waals surface area contributed by atoms with Gasteiger partial charge in [0.15, 0.2) is 17.3 Å². The lowest BCUT2D eigenvalue weighted by molar-refractivity contribution is -0.152. The second-order valence-corrected chi connectivity index (χ2v) is 21.4. The molecule has 1 atom stereocenters. The van der Waals surface area contributed by atoms with Crippen LogP contribution in [0.4, 0.5) is 0 Å². The van der Waals surface area contributed by atoms with Crippen LogP contribution in [0.15, 0.2) is 0 Å². The van der Waals surface area contributed by atoms with Crippen LogP contribution < -0.4 is 0 Å². The van der Waals surface area contributed by atoms with Crippen molar-refractivity contribution in [2.24, 2.45) is 23.2 Å². The molecule has 0 aromatic rings. The molecule has 1 unspecified atom stereocenters. The normalized spacial score (nSPS) is 12.6. The van der Waals surface area contributed by atoms with E-state index in [1.807, 2.05) is 0 Å². The Hall–Kier alpha value is -1.03. The minimum absolute atomic E-state index is 0.258. The number of carbonyl (C=O) groups is 3. The zero-order chi connectivity index (χ0) is 45.2. The molecule has 4 nitrogen and oxygen atoms in total. The highest BCUT2D eigenvalue weighted by Gasteiger charge is 2.48. The van der Waals surface area contributed by atoms with Gasteiger partial charge in [-0.3, -0.25) is 14.4 Å². The van der Waals surface area contributed by atoms with Gasteiger partial charge in [-0.05, 0) is 43.9 Å². The number of rotatable bonds is 49. The monoisotopic (exact) mass is 859 g/mol. The first-order valence-electron chi connectivity index (χ1n) is 27.7. The van der Waals surface area contributed by atoms with Gasteiger partial charge < -0.3 is 5.11 Å². The lowest BCUT2D eigenvalue weighted by Crippen LogP contribution is -2.48. The number of ketones is 3. The number of hydrogen-bond donors (Lipinski definition) is 1. The molecule has 362 valence electrons. The van der Waals surface area contributed by atoms with Crippen LogP contribution >= 0.6 is 0 Å². The number of carbonyl (C=O) groups excluding carboxylic acids is 3. The third kappa shape index (κ3) is 37.0. The lowest BCUT2D eigenvalue weighted by atomic mass is 9.72. The quantitative estimate of drug-likeness (QED) is 0.0489. The van der Waals surface area contributed by atoms with E-state index in [4.69, 9.17) is 0 Å². The average Bonchev–Trinajstić information content (AvgIpc) is 3.22. The van der Waals surface area contributed by atoms with Crippen LogP contribution in [0.1, 0.15) is 318 Å². The molecule has 0 aliphatic carbocycles. The lowest BCUT2D eigenvalue weighted by Gasteiger charge is -2.28. The van der Waals surface area contributed by atoms with E-state index in [-0.39, 0.29) is 24.4 Å². The maximum atomic E-state index is 13.9. The molecule has 0 spiro atoms. The number of aliphatic hydroxyl groups excluding tert-OH is 1. The van der Waals surface area contributed by atoms with Crippen molar-refractivity contribution >= 4 is 17.3 Å². The molecule has 61 heavy (non-hydrogen) atoms. The number of hydrogen-bond acceptors (Lipinski definition) is 4. The highest BCUT2D eigenvalue weighted by atomic mass is 16.3. The van der Waals surface area contributed by atoms with Gasteiger partial charge in [-0.2, -0.15) is 0 Å². The molecule has 0 aromatic carbocycles. The molecule has 0 aliphatic heterocycles. The van der Waals surface area contributed by atoms with Gasteiger partial charge in [-0.1, -0.05) is 279 Å². The molecule has 0 aromatic heterocycles. The molecular weight excluding hydrogens is 749 g/mol. The van der Waals surface area contributed by atoms with Crippen molar-refractivity contribution in [1.29, 1.82) is 0 Å². The van der Waals surface area contributed by atoms with Gasteiger partial charge in [0.25, 0.3) is 0 Å². The van der Waals surface area contributed by atoms with Gasteiger partial charge in [0.2, 0.25) is 0 Å². The standard InChI is InChI=1S/C57H110O4/c1-50(2)44-38-32-26-20-14-8-11-17-23-29-35-41-47-53(58)56(61)57(7,54(59)48-42-36-30-24-18-12-9-15-21-27-33-39-45-51(3)4)55(60)49-43-37-31-25-19-13-10-16-22-28-34-40-46-52(5)6/h50-53,58H,8-49H2,1-7H3. The second-order valence-electron chi connectivity index (χ2n) is 21.4. The summed E-state index contributed by atoms with van der Waals surface area (Å²) in [6.45, 7) is 15.4. The fourth-order valence-corrected chi connectivity index (χ4v) is 9.26. The minimum Gasteiger partial charge on any atom is -0.385 e. The maximum Gasteiger partial charge on any atom is 0.181 e. The van der Waals surface area contributed by atoms with E-state index in [0.29, 0.717) is 6.42 Å². The highest BCUT2D eigenvalue weighted by molar-refractivity contribution is 6.24. The van der Waals surface area contributed by atoms with Crippen LogP contribution in [-0.2, 0) is 14.4 Å². The topological polar surface area (TPSA) is 71.4 Å². The van der Waals surface area contributed by atoms with Crippen molar-refractivity contribution in [2.75, 3.05) is 0 Å². The number of Topliss-reactive ketones (excluding diaryl/α,β-unsaturated/α-hetero) is 3. The fourth-order valence-electron chi connectivity index (χ4n) is 9.26. The first-order valence-corrected chi connectivity index (χ1v) is 27.7. The molecule has 0 saturated heterocycles. The first-order chi connectivity index (χ1) is 29.4. The second kappa shape index (κ2) is 42.9. The fraction of sp³-hybridized carbons (Fsp3) is 0.947. The van der Waals surface area contributed by atoms with Gasteiger partial charge in [-0.25, -0.2) is 0 Å². The Kier molecular flexibility index (Phi) is 42.2. The molecule has 0 aliphatic rings. The molecule has 1 N–H and O–H groups in total. The summed E-state index contributed by atoms with van der Waals surface area (Å²) < 4.78 is 0. The molecule has 0 heterocycles. The molecule has 0 radical (unpaired) electrons. The molecule has 0 bridgehead atoms. The molecule has 0 saturated carbocycles. The summed E-state index contributed by atoms with van der Waals surface area (Å²) in [4.78, 5) is 41.5. The summed E-state index contributed by atoms with van der Waals surface area (Å²) in [7, 11) is 0. The molecule has 0 amide bonds. The van der Waals surface area contributed by atoms with Crippen LogP contribution in [0.5, 0.6) is 0 Å². The zero-order valence-corrected chi connectivity index (χ0v) is 42.7. The third-order valence-electron chi connectivity index (χ3n) is 13.8. The Balaban J connectivity index is 4.63. The van der Waals surface area contributed by atoms with Crippen molar-refractivity contribution in [3.05, 3.63) is 0 Å². The SMILES string of the molecule is CC(C)CCCCCCCCCCCCCCC(=O)C(C)(C(=O)CCCCCCCCCCCCCCC(C)C)C(=O)C(O)CCCCCCCCCCCCCCC(C)C. The van der Waals surface area contributed by atoms with Gasteiger partial charge in [0, 0.05) is 12.8 Å². The maximum absolute atomic E-state index is 13.9. The van der Waals surface area contributed by atoms with E-state index in [2.05, 4.69) is 41.5 Å². The molecule has 0 fully saturated rings. The molecule has 0 rings (SSSR count).